The third-order valence-electron chi connectivity index (χ3n) is 3.91. The average molecular weight is 447 g/mol. The van der Waals surface area contributed by atoms with Crippen LogP contribution in [0.4, 0.5) is 0 Å². The monoisotopic (exact) mass is 447 g/mol. The molecule has 1 rings (SSSR count). The van der Waals surface area contributed by atoms with Crippen LogP contribution in [0.2, 0.25) is 0 Å². The molecule has 136 valence electrons. The number of guanidine groups is 1. The molecule has 5 nitrogen and oxygen atoms in total. The summed E-state index contributed by atoms with van der Waals surface area (Å²) in [5.41, 5.74) is 2.61. The van der Waals surface area contributed by atoms with Crippen LogP contribution in [0.5, 0.6) is 0 Å². The summed E-state index contributed by atoms with van der Waals surface area (Å²) < 4.78 is 4.62. The quantitative estimate of drug-likeness (QED) is 0.292. The van der Waals surface area contributed by atoms with Gasteiger partial charge in [0.1, 0.15) is 0 Å². The molecule has 0 atom stereocenters. The summed E-state index contributed by atoms with van der Waals surface area (Å²) in [6, 6.07) is 8.74. The molecular formula is C18H30IN3O2. The molecule has 6 heteroatoms. The van der Waals surface area contributed by atoms with E-state index in [4.69, 9.17) is 0 Å². The lowest BCUT2D eigenvalue weighted by atomic mass is 9.84. The van der Waals surface area contributed by atoms with Crippen LogP contribution in [0.25, 0.3) is 0 Å². The molecular weight excluding hydrogens is 417 g/mol. The average Bonchev–Trinajstić information content (AvgIpc) is 2.57. The molecule has 0 aliphatic carbocycles. The zero-order valence-corrected chi connectivity index (χ0v) is 17.6. The van der Waals surface area contributed by atoms with Crippen molar-refractivity contribution in [2.24, 2.45) is 4.99 Å². The second-order valence-corrected chi connectivity index (χ2v) is 6.11. The van der Waals surface area contributed by atoms with Crippen molar-refractivity contribution in [2.75, 3.05) is 27.2 Å². The molecule has 0 saturated carbocycles. The fourth-order valence-corrected chi connectivity index (χ4v) is 2.20. The van der Waals surface area contributed by atoms with Gasteiger partial charge in [0.15, 0.2) is 5.96 Å². The van der Waals surface area contributed by atoms with Crippen molar-refractivity contribution >= 4 is 35.9 Å². The minimum absolute atomic E-state index is 0. The van der Waals surface area contributed by atoms with Gasteiger partial charge in [0.05, 0.1) is 13.5 Å². The number of hydrogen-bond donors (Lipinski definition) is 2. The fraction of sp³-hybridized carbons (Fsp3) is 0.556. The number of methoxy groups -OCH3 is 1. The first-order valence-electron chi connectivity index (χ1n) is 8.03. The zero-order chi connectivity index (χ0) is 17.3. The highest BCUT2D eigenvalue weighted by Gasteiger charge is 2.20. The maximum atomic E-state index is 11.1. The van der Waals surface area contributed by atoms with Gasteiger partial charge in [-0.15, -0.1) is 24.0 Å². The number of carbonyl (C=O) groups is 1. The van der Waals surface area contributed by atoms with E-state index >= 15 is 0 Å². The maximum Gasteiger partial charge on any atom is 0.307 e. The third kappa shape index (κ3) is 7.51. The first-order chi connectivity index (χ1) is 10.9. The summed E-state index contributed by atoms with van der Waals surface area (Å²) in [6.07, 6.45) is 1.37. The predicted molar refractivity (Wildman–Crippen MR) is 110 cm³/mol. The Morgan fingerprint density at radius 1 is 1.21 bits per heavy atom. The number of aryl methyl sites for hydroxylation is 1. The SMILES string of the molecule is CCc1ccc(C(C)(C)CNC(=NC)NCCC(=O)OC)cc1.I. The summed E-state index contributed by atoms with van der Waals surface area (Å²) in [4.78, 5) is 15.3. The second-order valence-electron chi connectivity index (χ2n) is 6.11. The standard InChI is InChI=1S/C18H29N3O2.HI/c1-6-14-7-9-15(10-8-14)18(2,3)13-21-17(19-4)20-12-11-16(22)23-5;/h7-10H,6,11-13H2,1-5H3,(H2,19,20,21);1H. The topological polar surface area (TPSA) is 62.7 Å². The van der Waals surface area contributed by atoms with Gasteiger partial charge in [-0.25, -0.2) is 0 Å². The van der Waals surface area contributed by atoms with E-state index in [9.17, 15) is 4.79 Å². The van der Waals surface area contributed by atoms with Gasteiger partial charge in [-0.1, -0.05) is 45.0 Å². The minimum atomic E-state index is -0.232. The number of benzene rings is 1. The lowest BCUT2D eigenvalue weighted by molar-refractivity contribution is -0.140. The van der Waals surface area contributed by atoms with Gasteiger partial charge in [-0.05, 0) is 17.5 Å². The molecule has 1 aromatic rings. The van der Waals surface area contributed by atoms with Gasteiger partial charge in [-0.3, -0.25) is 9.79 Å². The Bertz CT molecular complexity index is 528. The van der Waals surface area contributed by atoms with Crippen molar-refractivity contribution in [2.45, 2.75) is 39.0 Å². The number of rotatable bonds is 7. The molecule has 0 amide bonds. The van der Waals surface area contributed by atoms with Crippen molar-refractivity contribution in [3.05, 3.63) is 35.4 Å². The van der Waals surface area contributed by atoms with Gasteiger partial charge in [0, 0.05) is 25.6 Å². The first-order valence-corrected chi connectivity index (χ1v) is 8.03. The zero-order valence-electron chi connectivity index (χ0n) is 15.3. The number of nitrogens with one attached hydrogen (secondary N) is 2. The van der Waals surface area contributed by atoms with Crippen molar-refractivity contribution < 1.29 is 9.53 Å². The molecule has 0 saturated heterocycles. The molecule has 1 aromatic carbocycles. The van der Waals surface area contributed by atoms with Crippen LogP contribution in [0.15, 0.2) is 29.3 Å². The van der Waals surface area contributed by atoms with E-state index in [0.29, 0.717) is 18.9 Å². The van der Waals surface area contributed by atoms with Gasteiger partial charge in [-0.2, -0.15) is 0 Å². The molecule has 0 spiro atoms. The van der Waals surface area contributed by atoms with Crippen molar-refractivity contribution in [1.29, 1.82) is 0 Å². The summed E-state index contributed by atoms with van der Waals surface area (Å²) in [5, 5.41) is 6.43. The number of carbonyl (C=O) groups excluding carboxylic acids is 1. The highest BCUT2D eigenvalue weighted by atomic mass is 127. The van der Waals surface area contributed by atoms with Gasteiger partial charge in [0.25, 0.3) is 0 Å². The molecule has 0 aromatic heterocycles. The van der Waals surface area contributed by atoms with Gasteiger partial charge < -0.3 is 15.4 Å². The first kappa shape index (κ1) is 22.7. The summed E-state index contributed by atoms with van der Waals surface area (Å²) >= 11 is 0. The van der Waals surface area contributed by atoms with E-state index < -0.39 is 0 Å². The molecule has 0 fully saturated rings. The van der Waals surface area contributed by atoms with Crippen LogP contribution in [0.1, 0.15) is 38.3 Å². The molecule has 0 aliphatic rings. The molecule has 0 radical (unpaired) electrons. The van der Waals surface area contributed by atoms with Gasteiger partial charge >= 0.3 is 5.97 Å². The van der Waals surface area contributed by atoms with Crippen molar-refractivity contribution in [3.8, 4) is 0 Å². The molecule has 2 N–H and O–H groups in total. The van der Waals surface area contributed by atoms with E-state index in [1.54, 1.807) is 7.05 Å². The van der Waals surface area contributed by atoms with Crippen LogP contribution < -0.4 is 10.6 Å². The maximum absolute atomic E-state index is 11.1. The number of halogens is 1. The van der Waals surface area contributed by atoms with E-state index in [1.165, 1.54) is 18.2 Å². The van der Waals surface area contributed by atoms with Crippen molar-refractivity contribution in [1.82, 2.24) is 10.6 Å². The van der Waals surface area contributed by atoms with Crippen LogP contribution >= 0.6 is 24.0 Å². The summed E-state index contributed by atoms with van der Waals surface area (Å²) in [7, 11) is 3.11. The smallest absolute Gasteiger partial charge is 0.307 e. The highest BCUT2D eigenvalue weighted by Crippen LogP contribution is 2.22. The number of hydrogen-bond acceptors (Lipinski definition) is 3. The Labute approximate surface area is 162 Å². The molecule has 0 bridgehead atoms. The van der Waals surface area contributed by atoms with E-state index in [-0.39, 0.29) is 35.4 Å². The van der Waals surface area contributed by atoms with Crippen LogP contribution in [0.3, 0.4) is 0 Å². The Kier molecular flexibility index (Phi) is 10.7. The van der Waals surface area contributed by atoms with Gasteiger partial charge in [0.2, 0.25) is 0 Å². The van der Waals surface area contributed by atoms with Crippen molar-refractivity contribution in [3.63, 3.8) is 0 Å². The highest BCUT2D eigenvalue weighted by molar-refractivity contribution is 14.0. The van der Waals surface area contributed by atoms with E-state index in [1.807, 2.05) is 0 Å². The molecule has 24 heavy (non-hydrogen) atoms. The number of nitrogens with zero attached hydrogens (tertiary/aromatic N) is 1. The molecule has 0 heterocycles. The number of esters is 1. The van der Waals surface area contributed by atoms with E-state index in [0.717, 1.165) is 13.0 Å². The van der Waals surface area contributed by atoms with Crippen LogP contribution in [0, 0.1) is 0 Å². The number of aliphatic imine (C=N–C) groups is 1. The van der Waals surface area contributed by atoms with E-state index in [2.05, 4.69) is 65.4 Å². The largest absolute Gasteiger partial charge is 0.469 e. The Hall–Kier alpha value is -1.31. The number of ether oxygens (including phenoxy) is 1. The lowest BCUT2D eigenvalue weighted by Crippen LogP contribution is -2.44. The normalized spacial score (nSPS) is 11.5. The lowest BCUT2D eigenvalue weighted by Gasteiger charge is -2.27. The summed E-state index contributed by atoms with van der Waals surface area (Å²) in [6.45, 7) is 7.80. The minimum Gasteiger partial charge on any atom is -0.469 e. The summed E-state index contributed by atoms with van der Waals surface area (Å²) in [5.74, 6) is 0.455. The Morgan fingerprint density at radius 2 is 1.83 bits per heavy atom. The second kappa shape index (κ2) is 11.3. The Balaban J connectivity index is 0.00000529. The molecule has 0 aliphatic heterocycles. The Morgan fingerprint density at radius 3 is 2.33 bits per heavy atom. The van der Waals surface area contributed by atoms with Crippen LogP contribution in [-0.2, 0) is 21.4 Å². The predicted octanol–water partition coefficient (Wildman–Crippen LogP) is 2.87. The van der Waals surface area contributed by atoms with Crippen LogP contribution in [-0.4, -0.2) is 39.2 Å². The third-order valence-corrected chi connectivity index (χ3v) is 3.91. The molecule has 0 unspecified atom stereocenters. The fourth-order valence-electron chi connectivity index (χ4n) is 2.20.